The van der Waals surface area contributed by atoms with Crippen molar-refractivity contribution in [2.24, 2.45) is 0 Å². The number of hydrogen-bond donors (Lipinski definition) is 1. The van der Waals surface area contributed by atoms with Crippen LogP contribution in [0.25, 0.3) is 0 Å². The monoisotopic (exact) mass is 496 g/mol. The number of carbonyl (C=O) groups excluding carboxylic acids is 1. The third kappa shape index (κ3) is 10.8. The van der Waals surface area contributed by atoms with Gasteiger partial charge in [0.25, 0.3) is 11.6 Å². The van der Waals surface area contributed by atoms with E-state index in [1.54, 1.807) is 18.2 Å². The molecule has 1 amide bonds. The molecule has 0 atom stereocenters. The van der Waals surface area contributed by atoms with Crippen LogP contribution in [0, 0.1) is 10.1 Å². The third-order valence-electron chi connectivity index (χ3n) is 6.50. The van der Waals surface area contributed by atoms with Crippen LogP contribution in [-0.2, 0) is 6.42 Å². The number of nitro benzene ring substituents is 1. The van der Waals surface area contributed by atoms with Gasteiger partial charge in [-0.25, -0.2) is 0 Å². The van der Waals surface area contributed by atoms with Crippen LogP contribution >= 0.6 is 0 Å². The van der Waals surface area contributed by atoms with Crippen LogP contribution in [0.1, 0.15) is 113 Å². The molecule has 198 valence electrons. The lowest BCUT2D eigenvalue weighted by molar-refractivity contribution is -0.384. The van der Waals surface area contributed by atoms with E-state index in [1.165, 1.54) is 82.8 Å². The van der Waals surface area contributed by atoms with Crippen molar-refractivity contribution in [2.75, 3.05) is 11.9 Å². The zero-order valence-electron chi connectivity index (χ0n) is 22.2. The first-order valence-corrected chi connectivity index (χ1v) is 13.9. The average molecular weight is 497 g/mol. The van der Waals surface area contributed by atoms with Gasteiger partial charge in [-0.15, -0.1) is 0 Å². The van der Waals surface area contributed by atoms with E-state index < -0.39 is 4.92 Å². The van der Waals surface area contributed by atoms with Crippen LogP contribution in [0.15, 0.2) is 42.5 Å². The van der Waals surface area contributed by atoms with Gasteiger partial charge >= 0.3 is 0 Å². The van der Waals surface area contributed by atoms with Crippen LogP contribution in [0.5, 0.6) is 5.75 Å². The molecule has 0 aromatic heterocycles. The van der Waals surface area contributed by atoms with Crippen molar-refractivity contribution < 1.29 is 14.5 Å². The number of hydrogen-bond acceptors (Lipinski definition) is 4. The molecule has 0 saturated heterocycles. The Balaban J connectivity index is 1.81. The fraction of sp³-hybridized carbons (Fsp3) is 0.567. The molecule has 36 heavy (non-hydrogen) atoms. The molecular formula is C30H44N2O4. The fourth-order valence-electron chi connectivity index (χ4n) is 4.54. The maximum Gasteiger partial charge on any atom is 0.271 e. The van der Waals surface area contributed by atoms with Gasteiger partial charge in [-0.05, 0) is 37.5 Å². The Bertz CT molecular complexity index is 929. The number of amides is 1. The third-order valence-corrected chi connectivity index (χ3v) is 6.50. The molecule has 1 N–H and O–H groups in total. The Labute approximate surface area is 217 Å². The van der Waals surface area contributed by atoms with E-state index in [1.807, 2.05) is 19.1 Å². The van der Waals surface area contributed by atoms with Gasteiger partial charge in [0, 0.05) is 17.8 Å². The summed E-state index contributed by atoms with van der Waals surface area (Å²) >= 11 is 0. The normalized spacial score (nSPS) is 10.8. The van der Waals surface area contributed by atoms with Crippen molar-refractivity contribution in [2.45, 2.75) is 104 Å². The maximum atomic E-state index is 13.2. The summed E-state index contributed by atoms with van der Waals surface area (Å²) in [6.45, 7) is 4.61. The molecule has 0 spiro atoms. The zero-order valence-corrected chi connectivity index (χ0v) is 22.2. The molecule has 0 saturated carbocycles. The largest absolute Gasteiger partial charge is 0.493 e. The van der Waals surface area contributed by atoms with Crippen molar-refractivity contribution in [3.63, 3.8) is 0 Å². The molecule has 0 aliphatic heterocycles. The number of unbranched alkanes of at least 4 members (excludes halogenated alkanes) is 12. The number of nitrogens with one attached hydrogen (secondary N) is 1. The van der Waals surface area contributed by atoms with Gasteiger partial charge in [-0.2, -0.15) is 0 Å². The Morgan fingerprint density at radius 2 is 1.42 bits per heavy atom. The molecule has 0 radical (unpaired) electrons. The van der Waals surface area contributed by atoms with E-state index >= 15 is 0 Å². The number of rotatable bonds is 19. The molecule has 2 aromatic rings. The minimum absolute atomic E-state index is 0.0573. The number of benzene rings is 2. The van der Waals surface area contributed by atoms with Gasteiger partial charge in [0.05, 0.1) is 17.1 Å². The zero-order chi connectivity index (χ0) is 26.0. The molecule has 6 heteroatoms. The number of nitrogens with zero attached hydrogens (tertiary/aromatic N) is 1. The lowest BCUT2D eigenvalue weighted by Gasteiger charge is -2.15. The van der Waals surface area contributed by atoms with E-state index in [0.29, 0.717) is 23.6 Å². The smallest absolute Gasteiger partial charge is 0.271 e. The molecule has 2 aromatic carbocycles. The van der Waals surface area contributed by atoms with Crippen molar-refractivity contribution in [1.82, 2.24) is 0 Å². The Morgan fingerprint density at radius 3 is 2.00 bits per heavy atom. The highest BCUT2D eigenvalue weighted by atomic mass is 16.6. The average Bonchev–Trinajstić information content (AvgIpc) is 2.87. The summed E-state index contributed by atoms with van der Waals surface area (Å²) < 4.78 is 5.75. The van der Waals surface area contributed by atoms with Gasteiger partial charge in [-0.1, -0.05) is 102 Å². The first-order valence-electron chi connectivity index (χ1n) is 13.9. The lowest BCUT2D eigenvalue weighted by atomic mass is 9.98. The summed E-state index contributed by atoms with van der Waals surface area (Å²) in [5.74, 6) is 0.247. The van der Waals surface area contributed by atoms with Crippen molar-refractivity contribution in [1.29, 1.82) is 0 Å². The predicted octanol–water partition coefficient (Wildman–Crippen LogP) is 8.88. The minimum Gasteiger partial charge on any atom is -0.493 e. The summed E-state index contributed by atoms with van der Waals surface area (Å²) in [7, 11) is 0. The Hall–Kier alpha value is -2.89. The molecule has 6 nitrogen and oxygen atoms in total. The van der Waals surface area contributed by atoms with Crippen LogP contribution < -0.4 is 10.1 Å². The number of nitro groups is 1. The van der Waals surface area contributed by atoms with Crippen LogP contribution in [0.3, 0.4) is 0 Å². The predicted molar refractivity (Wildman–Crippen MR) is 148 cm³/mol. The maximum absolute atomic E-state index is 13.2. The fourth-order valence-corrected chi connectivity index (χ4v) is 4.54. The molecule has 0 bridgehead atoms. The second kappa shape index (κ2) is 17.5. The number of ether oxygens (including phenoxy) is 1. The van der Waals surface area contributed by atoms with Crippen LogP contribution in [0.4, 0.5) is 11.4 Å². The number of anilines is 1. The first kappa shape index (κ1) is 29.3. The summed E-state index contributed by atoms with van der Waals surface area (Å²) in [4.78, 5) is 23.8. The van der Waals surface area contributed by atoms with Crippen LogP contribution in [-0.4, -0.2) is 17.4 Å². The van der Waals surface area contributed by atoms with Gasteiger partial charge < -0.3 is 10.1 Å². The van der Waals surface area contributed by atoms with Crippen LogP contribution in [0.2, 0.25) is 0 Å². The highest BCUT2D eigenvalue weighted by molar-refractivity contribution is 6.07. The van der Waals surface area contributed by atoms with Crippen molar-refractivity contribution in [3.05, 3.63) is 63.7 Å². The summed E-state index contributed by atoms with van der Waals surface area (Å²) in [6, 6.07) is 11.7. The molecular weight excluding hydrogens is 452 g/mol. The second-order valence-corrected chi connectivity index (χ2v) is 9.48. The molecule has 0 unspecified atom stereocenters. The van der Waals surface area contributed by atoms with E-state index in [0.717, 1.165) is 24.8 Å². The van der Waals surface area contributed by atoms with Gasteiger partial charge in [0.15, 0.2) is 0 Å². The second-order valence-electron chi connectivity index (χ2n) is 9.48. The molecule has 0 aliphatic rings. The minimum atomic E-state index is -0.468. The highest BCUT2D eigenvalue weighted by Crippen LogP contribution is 2.27. The van der Waals surface area contributed by atoms with E-state index in [-0.39, 0.29) is 11.6 Å². The van der Waals surface area contributed by atoms with Gasteiger partial charge in [-0.3, -0.25) is 14.9 Å². The first-order chi connectivity index (χ1) is 17.6. The molecule has 0 heterocycles. The number of non-ortho nitro benzene ring substituents is 1. The quantitative estimate of drug-likeness (QED) is 0.120. The number of carbonyl (C=O) groups is 1. The summed E-state index contributed by atoms with van der Waals surface area (Å²) in [5.41, 5.74) is 1.81. The SMILES string of the molecule is CCCCCCCCCCCCCCCc1cccc(OCC)c1C(=O)Nc1cccc([N+](=O)[O-])c1. The van der Waals surface area contributed by atoms with E-state index in [4.69, 9.17) is 4.74 Å². The standard InChI is InChI=1S/C30H44N2O4/c1-3-5-6-7-8-9-10-11-12-13-14-15-16-19-25-20-17-23-28(36-4-2)29(25)30(33)31-26-21-18-22-27(24-26)32(34)35/h17-18,20-24H,3-16,19H2,1-2H3,(H,31,33). The van der Waals surface area contributed by atoms with Gasteiger partial charge in [0.1, 0.15) is 5.75 Å². The molecule has 0 fully saturated rings. The van der Waals surface area contributed by atoms with E-state index in [2.05, 4.69) is 12.2 Å². The topological polar surface area (TPSA) is 81.5 Å². The highest BCUT2D eigenvalue weighted by Gasteiger charge is 2.18. The molecule has 2 rings (SSSR count). The van der Waals surface area contributed by atoms with Crippen molar-refractivity contribution in [3.8, 4) is 5.75 Å². The van der Waals surface area contributed by atoms with Gasteiger partial charge in [0.2, 0.25) is 0 Å². The number of aryl methyl sites for hydroxylation is 1. The Morgan fingerprint density at radius 1 is 0.833 bits per heavy atom. The Kier molecular flexibility index (Phi) is 14.3. The van der Waals surface area contributed by atoms with E-state index in [9.17, 15) is 14.9 Å². The molecule has 0 aliphatic carbocycles. The lowest BCUT2D eigenvalue weighted by Crippen LogP contribution is -2.16. The van der Waals surface area contributed by atoms with Crippen molar-refractivity contribution >= 4 is 17.3 Å². The summed E-state index contributed by atoms with van der Waals surface area (Å²) in [5, 5.41) is 13.9. The summed E-state index contributed by atoms with van der Waals surface area (Å²) in [6.07, 6.45) is 17.7.